The Bertz CT molecular complexity index is 493. The molecule has 0 saturated carbocycles. The minimum absolute atomic E-state index is 0.0105. The van der Waals surface area contributed by atoms with Crippen molar-refractivity contribution in [1.82, 2.24) is 0 Å². The van der Waals surface area contributed by atoms with Gasteiger partial charge in [-0.2, -0.15) is 0 Å². The van der Waals surface area contributed by atoms with Crippen LogP contribution in [0, 0.1) is 22.5 Å². The molecule has 0 radical (unpaired) electrons. The van der Waals surface area contributed by atoms with Crippen molar-refractivity contribution >= 4 is 5.69 Å². The van der Waals surface area contributed by atoms with Gasteiger partial charge in [0.1, 0.15) is 5.75 Å². The molecule has 0 aliphatic heterocycles. The molecule has 1 aromatic carbocycles. The fourth-order valence-corrected chi connectivity index (χ4v) is 1.60. The van der Waals surface area contributed by atoms with E-state index in [-0.39, 0.29) is 11.1 Å². The lowest BCUT2D eigenvalue weighted by atomic mass is 9.85. The van der Waals surface area contributed by atoms with E-state index in [2.05, 4.69) is 5.92 Å². The fraction of sp³-hybridized carbons (Fsp3) is 0.385. The van der Waals surface area contributed by atoms with Gasteiger partial charge in [-0.05, 0) is 5.41 Å². The molecule has 0 amide bonds. The zero-order chi connectivity index (χ0) is 13.2. The van der Waals surface area contributed by atoms with Gasteiger partial charge in [-0.25, -0.2) is 0 Å². The molecule has 90 valence electrons. The van der Waals surface area contributed by atoms with Crippen LogP contribution < -0.4 is 4.74 Å². The number of nitrogens with zero attached hydrogens (tertiary/aromatic N) is 1. The zero-order valence-electron chi connectivity index (χ0n) is 10.4. The molecule has 0 unspecified atom stereocenters. The first-order valence-corrected chi connectivity index (χ1v) is 5.14. The highest BCUT2D eigenvalue weighted by molar-refractivity contribution is 5.58. The van der Waals surface area contributed by atoms with Crippen LogP contribution in [0.5, 0.6) is 5.75 Å². The summed E-state index contributed by atoms with van der Waals surface area (Å²) < 4.78 is 5.26. The average molecular weight is 233 g/mol. The monoisotopic (exact) mass is 233 g/mol. The Morgan fingerprint density at radius 3 is 2.35 bits per heavy atom. The van der Waals surface area contributed by atoms with E-state index in [0.29, 0.717) is 11.3 Å². The van der Waals surface area contributed by atoms with E-state index < -0.39 is 4.92 Å². The van der Waals surface area contributed by atoms with E-state index in [1.54, 1.807) is 0 Å². The van der Waals surface area contributed by atoms with Crippen molar-refractivity contribution in [2.75, 3.05) is 7.11 Å². The van der Waals surface area contributed by atoms with E-state index >= 15 is 0 Å². The Labute approximate surface area is 101 Å². The number of nitro benzene ring substituents is 1. The van der Waals surface area contributed by atoms with Crippen LogP contribution in [0.15, 0.2) is 12.1 Å². The summed E-state index contributed by atoms with van der Waals surface area (Å²) >= 11 is 0. The highest BCUT2D eigenvalue weighted by Crippen LogP contribution is 2.36. The second-order valence-electron chi connectivity index (χ2n) is 4.73. The molecule has 1 rings (SSSR count). The highest BCUT2D eigenvalue weighted by Gasteiger charge is 2.24. The Morgan fingerprint density at radius 1 is 1.41 bits per heavy atom. The first kappa shape index (κ1) is 13.0. The molecule has 0 aromatic heterocycles. The maximum absolute atomic E-state index is 10.8. The van der Waals surface area contributed by atoms with Crippen LogP contribution in [0.25, 0.3) is 0 Å². The van der Waals surface area contributed by atoms with Crippen LogP contribution in [0.1, 0.15) is 31.9 Å². The normalized spacial score (nSPS) is 10.8. The van der Waals surface area contributed by atoms with Crippen LogP contribution >= 0.6 is 0 Å². The molecule has 0 spiro atoms. The van der Waals surface area contributed by atoms with Gasteiger partial charge in [-0.15, -0.1) is 6.42 Å². The standard InChI is InChI=1S/C13H15NO3/c1-6-9-7-10(14(15)16)8-11(12(9)17-5)13(2,3)4/h1,7-8H,2-5H3. The number of hydrogen-bond donors (Lipinski definition) is 0. The summed E-state index contributed by atoms with van der Waals surface area (Å²) in [6, 6.07) is 2.87. The maximum atomic E-state index is 10.8. The van der Waals surface area contributed by atoms with E-state index in [1.807, 2.05) is 20.8 Å². The third kappa shape index (κ3) is 2.56. The van der Waals surface area contributed by atoms with Crippen molar-refractivity contribution in [2.24, 2.45) is 0 Å². The minimum atomic E-state index is -0.449. The SMILES string of the molecule is C#Cc1cc([N+](=O)[O-])cc(C(C)(C)C)c1OC. The molecular formula is C13H15NO3. The van der Waals surface area contributed by atoms with Gasteiger partial charge >= 0.3 is 0 Å². The lowest BCUT2D eigenvalue weighted by Gasteiger charge is -2.22. The van der Waals surface area contributed by atoms with Gasteiger partial charge in [0, 0.05) is 17.7 Å². The zero-order valence-corrected chi connectivity index (χ0v) is 10.4. The molecule has 0 atom stereocenters. The van der Waals surface area contributed by atoms with Crippen LogP contribution in [-0.2, 0) is 5.41 Å². The Balaban J connectivity index is 3.61. The predicted molar refractivity (Wildman–Crippen MR) is 66.3 cm³/mol. The smallest absolute Gasteiger partial charge is 0.271 e. The lowest BCUT2D eigenvalue weighted by Crippen LogP contribution is -2.14. The van der Waals surface area contributed by atoms with Gasteiger partial charge < -0.3 is 4.74 Å². The number of benzene rings is 1. The second-order valence-corrected chi connectivity index (χ2v) is 4.73. The maximum Gasteiger partial charge on any atom is 0.271 e. The number of ether oxygens (including phenoxy) is 1. The third-order valence-electron chi connectivity index (χ3n) is 2.45. The molecular weight excluding hydrogens is 218 g/mol. The molecule has 0 fully saturated rings. The Kier molecular flexibility index (Phi) is 3.42. The summed E-state index contributed by atoms with van der Waals surface area (Å²) in [5.41, 5.74) is 0.862. The Morgan fingerprint density at radius 2 is 2.00 bits per heavy atom. The summed E-state index contributed by atoms with van der Waals surface area (Å²) in [7, 11) is 1.51. The molecule has 0 saturated heterocycles. The third-order valence-corrected chi connectivity index (χ3v) is 2.45. The number of nitro groups is 1. The molecule has 0 aliphatic rings. The van der Waals surface area contributed by atoms with Crippen molar-refractivity contribution in [3.63, 3.8) is 0 Å². The number of rotatable bonds is 2. The minimum Gasteiger partial charge on any atom is -0.495 e. The van der Waals surface area contributed by atoms with E-state index in [0.717, 1.165) is 5.56 Å². The van der Waals surface area contributed by atoms with Crippen molar-refractivity contribution in [2.45, 2.75) is 26.2 Å². The fourth-order valence-electron chi connectivity index (χ4n) is 1.60. The lowest BCUT2D eigenvalue weighted by molar-refractivity contribution is -0.385. The largest absolute Gasteiger partial charge is 0.495 e. The van der Waals surface area contributed by atoms with Crippen LogP contribution in [0.4, 0.5) is 5.69 Å². The summed E-state index contributed by atoms with van der Waals surface area (Å²) in [6.45, 7) is 5.86. The van der Waals surface area contributed by atoms with Gasteiger partial charge in [0.2, 0.25) is 0 Å². The van der Waals surface area contributed by atoms with Crippen molar-refractivity contribution in [3.05, 3.63) is 33.4 Å². The van der Waals surface area contributed by atoms with Gasteiger partial charge in [0.05, 0.1) is 17.6 Å². The van der Waals surface area contributed by atoms with Crippen LogP contribution in [0.3, 0.4) is 0 Å². The predicted octanol–water partition coefficient (Wildman–Crippen LogP) is 2.88. The summed E-state index contributed by atoms with van der Waals surface area (Å²) in [6.07, 6.45) is 5.35. The summed E-state index contributed by atoms with van der Waals surface area (Å²) in [5.74, 6) is 2.96. The number of methoxy groups -OCH3 is 1. The van der Waals surface area contributed by atoms with Gasteiger partial charge in [0.15, 0.2) is 0 Å². The first-order chi connectivity index (χ1) is 7.81. The molecule has 4 nitrogen and oxygen atoms in total. The molecule has 0 heterocycles. The molecule has 4 heteroatoms. The van der Waals surface area contributed by atoms with Crippen LogP contribution in [0.2, 0.25) is 0 Å². The Hall–Kier alpha value is -2.02. The van der Waals surface area contributed by atoms with Crippen molar-refractivity contribution in [1.29, 1.82) is 0 Å². The van der Waals surface area contributed by atoms with Gasteiger partial charge in [-0.1, -0.05) is 26.7 Å². The van der Waals surface area contributed by atoms with Gasteiger partial charge in [0.25, 0.3) is 5.69 Å². The average Bonchev–Trinajstić information content (AvgIpc) is 2.25. The van der Waals surface area contributed by atoms with Crippen LogP contribution in [-0.4, -0.2) is 12.0 Å². The molecule has 17 heavy (non-hydrogen) atoms. The molecule has 0 N–H and O–H groups in total. The van der Waals surface area contributed by atoms with E-state index in [4.69, 9.17) is 11.2 Å². The summed E-state index contributed by atoms with van der Waals surface area (Å²) in [5, 5.41) is 10.8. The number of hydrogen-bond acceptors (Lipinski definition) is 3. The molecule has 0 bridgehead atoms. The quantitative estimate of drug-likeness (QED) is 0.448. The first-order valence-electron chi connectivity index (χ1n) is 5.14. The van der Waals surface area contributed by atoms with Gasteiger partial charge in [-0.3, -0.25) is 10.1 Å². The topological polar surface area (TPSA) is 52.4 Å². The second kappa shape index (κ2) is 4.46. The van der Waals surface area contributed by atoms with E-state index in [1.165, 1.54) is 19.2 Å². The van der Waals surface area contributed by atoms with Crippen molar-refractivity contribution in [3.8, 4) is 18.1 Å². The molecule has 0 aliphatic carbocycles. The highest BCUT2D eigenvalue weighted by atomic mass is 16.6. The number of terminal acetylenes is 1. The number of non-ortho nitro benzene ring substituents is 1. The van der Waals surface area contributed by atoms with Crippen molar-refractivity contribution < 1.29 is 9.66 Å². The summed E-state index contributed by atoms with van der Waals surface area (Å²) in [4.78, 5) is 10.4. The molecule has 1 aromatic rings. The van der Waals surface area contributed by atoms with E-state index in [9.17, 15) is 10.1 Å².